The van der Waals surface area contributed by atoms with Gasteiger partial charge in [0.1, 0.15) is 0 Å². The average Bonchev–Trinajstić information content (AvgIpc) is 2.54. The second kappa shape index (κ2) is 8.29. The van der Waals surface area contributed by atoms with E-state index >= 15 is 0 Å². The van der Waals surface area contributed by atoms with Crippen LogP contribution < -0.4 is 10.6 Å². The summed E-state index contributed by atoms with van der Waals surface area (Å²) in [4.78, 5) is 0. The fourth-order valence-corrected chi connectivity index (χ4v) is 3.38. The second-order valence-electron chi connectivity index (χ2n) is 6.78. The van der Waals surface area contributed by atoms with Crippen LogP contribution in [0.4, 0.5) is 5.69 Å². The summed E-state index contributed by atoms with van der Waals surface area (Å²) in [6.07, 6.45) is 2.91. The minimum absolute atomic E-state index is 0.112. The Bertz CT molecular complexity index is 655. The van der Waals surface area contributed by atoms with Gasteiger partial charge in [0, 0.05) is 11.2 Å². The highest BCUT2D eigenvalue weighted by atomic mass is 32.1. The van der Waals surface area contributed by atoms with Crippen LogP contribution in [-0.2, 0) is 19.3 Å². The zero-order valence-electron chi connectivity index (χ0n) is 15.1. The smallest absolute Gasteiger partial charge is 0.171 e. The van der Waals surface area contributed by atoms with Gasteiger partial charge in [-0.05, 0) is 62.0 Å². The summed E-state index contributed by atoms with van der Waals surface area (Å²) in [6.45, 7) is 8.71. The highest BCUT2D eigenvalue weighted by Crippen LogP contribution is 2.23. The number of hydrogen-bond acceptors (Lipinski definition) is 1. The topological polar surface area (TPSA) is 24.1 Å². The van der Waals surface area contributed by atoms with Gasteiger partial charge in [-0.1, -0.05) is 62.4 Å². The Morgan fingerprint density at radius 1 is 0.917 bits per heavy atom. The third-order valence-corrected chi connectivity index (χ3v) is 4.38. The molecule has 0 aliphatic rings. The van der Waals surface area contributed by atoms with E-state index < -0.39 is 0 Å². The minimum Gasteiger partial charge on any atom is -0.357 e. The lowest BCUT2D eigenvalue weighted by molar-refractivity contribution is 0.460. The Hall–Kier alpha value is -1.87. The van der Waals surface area contributed by atoms with Crippen molar-refractivity contribution in [3.8, 4) is 0 Å². The molecule has 0 atom stereocenters. The molecule has 24 heavy (non-hydrogen) atoms. The lowest BCUT2D eigenvalue weighted by Crippen LogP contribution is -2.47. The molecule has 0 aliphatic heterocycles. The summed E-state index contributed by atoms with van der Waals surface area (Å²) in [5.41, 5.74) is 4.97. The highest BCUT2D eigenvalue weighted by Gasteiger charge is 2.20. The Morgan fingerprint density at radius 3 is 2.04 bits per heavy atom. The van der Waals surface area contributed by atoms with Crippen LogP contribution in [0.2, 0.25) is 0 Å². The molecule has 0 amide bonds. The molecule has 128 valence electrons. The molecule has 0 radical (unpaired) electrons. The van der Waals surface area contributed by atoms with Crippen molar-refractivity contribution in [2.24, 2.45) is 0 Å². The van der Waals surface area contributed by atoms with Crippen molar-refractivity contribution in [2.45, 2.75) is 52.5 Å². The normalized spacial score (nSPS) is 11.2. The molecule has 2 aromatic carbocycles. The SMILES string of the molecule is CCc1cccc(CC)c1NC(=S)NC(C)(C)Cc1ccccc1. The van der Waals surface area contributed by atoms with Gasteiger partial charge in [0.15, 0.2) is 5.11 Å². The molecule has 0 heterocycles. The summed E-state index contributed by atoms with van der Waals surface area (Å²) in [5, 5.41) is 7.61. The van der Waals surface area contributed by atoms with Gasteiger partial charge >= 0.3 is 0 Å². The molecule has 0 unspecified atom stereocenters. The maximum Gasteiger partial charge on any atom is 0.171 e. The molecule has 0 saturated carbocycles. The van der Waals surface area contributed by atoms with Gasteiger partial charge in [-0.25, -0.2) is 0 Å². The molecule has 2 nitrogen and oxygen atoms in total. The number of thiocarbonyl (C=S) groups is 1. The maximum atomic E-state index is 5.59. The quantitative estimate of drug-likeness (QED) is 0.714. The number of nitrogens with one attached hydrogen (secondary N) is 2. The number of anilines is 1. The van der Waals surface area contributed by atoms with E-state index in [1.54, 1.807) is 0 Å². The molecule has 0 saturated heterocycles. The minimum atomic E-state index is -0.112. The summed E-state index contributed by atoms with van der Waals surface area (Å²) < 4.78 is 0. The van der Waals surface area contributed by atoms with E-state index in [4.69, 9.17) is 12.2 Å². The number of aryl methyl sites for hydroxylation is 2. The molecular weight excluding hydrogens is 312 g/mol. The largest absolute Gasteiger partial charge is 0.357 e. The van der Waals surface area contributed by atoms with Crippen LogP contribution in [0.25, 0.3) is 0 Å². The third kappa shape index (κ3) is 5.07. The Balaban J connectivity index is 2.08. The van der Waals surface area contributed by atoms with Crippen molar-refractivity contribution in [1.29, 1.82) is 0 Å². The standard InChI is InChI=1S/C21H28N2S/c1-5-17-13-10-14-18(6-2)19(17)22-20(24)23-21(3,4)15-16-11-8-7-9-12-16/h7-14H,5-6,15H2,1-4H3,(H2,22,23,24). The molecule has 3 heteroatoms. The van der Waals surface area contributed by atoms with Crippen LogP contribution in [0.3, 0.4) is 0 Å². The van der Waals surface area contributed by atoms with Crippen LogP contribution in [0.15, 0.2) is 48.5 Å². The lowest BCUT2D eigenvalue weighted by Gasteiger charge is -2.29. The molecule has 0 aromatic heterocycles. The zero-order chi connectivity index (χ0) is 17.6. The van der Waals surface area contributed by atoms with Gasteiger partial charge in [0.05, 0.1) is 0 Å². The van der Waals surface area contributed by atoms with Crippen LogP contribution in [0.5, 0.6) is 0 Å². The summed E-state index contributed by atoms with van der Waals surface area (Å²) in [5.74, 6) is 0. The molecule has 0 aliphatic carbocycles. The van der Waals surface area contributed by atoms with E-state index in [0.29, 0.717) is 5.11 Å². The van der Waals surface area contributed by atoms with Crippen molar-refractivity contribution in [3.05, 3.63) is 65.2 Å². The lowest BCUT2D eigenvalue weighted by atomic mass is 9.95. The number of benzene rings is 2. The maximum absolute atomic E-state index is 5.59. The van der Waals surface area contributed by atoms with E-state index in [-0.39, 0.29) is 5.54 Å². The Kier molecular flexibility index (Phi) is 6.38. The van der Waals surface area contributed by atoms with E-state index in [2.05, 4.69) is 80.8 Å². The van der Waals surface area contributed by atoms with Gasteiger partial charge in [-0.2, -0.15) is 0 Å². The van der Waals surface area contributed by atoms with Crippen molar-refractivity contribution < 1.29 is 0 Å². The van der Waals surface area contributed by atoms with Gasteiger partial charge in [0.2, 0.25) is 0 Å². The monoisotopic (exact) mass is 340 g/mol. The second-order valence-corrected chi connectivity index (χ2v) is 7.19. The number of para-hydroxylation sites is 1. The molecule has 0 bridgehead atoms. The first-order valence-corrected chi connectivity index (χ1v) is 9.10. The van der Waals surface area contributed by atoms with Gasteiger partial charge in [-0.15, -0.1) is 0 Å². The van der Waals surface area contributed by atoms with Crippen LogP contribution in [0, 0.1) is 0 Å². The van der Waals surface area contributed by atoms with Crippen molar-refractivity contribution in [1.82, 2.24) is 5.32 Å². The van der Waals surface area contributed by atoms with Crippen molar-refractivity contribution >= 4 is 23.0 Å². The predicted molar refractivity (Wildman–Crippen MR) is 109 cm³/mol. The third-order valence-electron chi connectivity index (χ3n) is 4.18. The van der Waals surface area contributed by atoms with E-state index in [1.807, 2.05) is 6.07 Å². The average molecular weight is 341 g/mol. The number of hydrogen-bond donors (Lipinski definition) is 2. The first kappa shape index (κ1) is 18.5. The summed E-state index contributed by atoms with van der Waals surface area (Å²) in [6, 6.07) is 17.0. The Labute approximate surface area is 151 Å². The van der Waals surface area contributed by atoms with E-state index in [0.717, 1.165) is 24.9 Å². The molecule has 0 fully saturated rings. The van der Waals surface area contributed by atoms with E-state index in [9.17, 15) is 0 Å². The predicted octanol–water partition coefficient (Wildman–Crippen LogP) is 5.12. The van der Waals surface area contributed by atoms with Crippen LogP contribution in [0.1, 0.15) is 44.4 Å². The fraction of sp³-hybridized carbons (Fsp3) is 0.381. The molecule has 2 rings (SSSR count). The van der Waals surface area contributed by atoms with Crippen molar-refractivity contribution in [3.63, 3.8) is 0 Å². The fourth-order valence-electron chi connectivity index (χ4n) is 3.01. The zero-order valence-corrected chi connectivity index (χ0v) is 16.0. The molecule has 0 spiro atoms. The van der Waals surface area contributed by atoms with Gasteiger partial charge in [0.25, 0.3) is 0 Å². The summed E-state index contributed by atoms with van der Waals surface area (Å²) >= 11 is 5.59. The van der Waals surface area contributed by atoms with Crippen LogP contribution >= 0.6 is 12.2 Å². The van der Waals surface area contributed by atoms with Gasteiger partial charge < -0.3 is 10.6 Å². The van der Waals surface area contributed by atoms with E-state index in [1.165, 1.54) is 16.7 Å². The number of rotatable bonds is 6. The van der Waals surface area contributed by atoms with Gasteiger partial charge in [-0.3, -0.25) is 0 Å². The first-order valence-electron chi connectivity index (χ1n) is 8.69. The first-order chi connectivity index (χ1) is 11.4. The highest BCUT2D eigenvalue weighted by molar-refractivity contribution is 7.80. The van der Waals surface area contributed by atoms with Crippen LogP contribution in [-0.4, -0.2) is 10.7 Å². The molecule has 2 N–H and O–H groups in total. The summed E-state index contributed by atoms with van der Waals surface area (Å²) in [7, 11) is 0. The van der Waals surface area contributed by atoms with Crippen molar-refractivity contribution in [2.75, 3.05) is 5.32 Å². The molecular formula is C21H28N2S. The molecule has 2 aromatic rings. The Morgan fingerprint density at radius 2 is 1.50 bits per heavy atom.